The fraction of sp³-hybridized carbons (Fsp3) is 0.400. The molecule has 1 saturated heterocycles. The zero-order chi connectivity index (χ0) is 14.5. The largest absolute Gasteiger partial charge is 0.489 e. The van der Waals surface area contributed by atoms with Gasteiger partial charge < -0.3 is 15.0 Å². The zero-order valence-electron chi connectivity index (χ0n) is 11.8. The summed E-state index contributed by atoms with van der Waals surface area (Å²) in [6.07, 6.45) is 3.63. The van der Waals surface area contributed by atoms with Crippen LogP contribution in [0.15, 0.2) is 36.7 Å². The fourth-order valence-electron chi connectivity index (χ4n) is 2.45. The van der Waals surface area contributed by atoms with Gasteiger partial charge in [-0.25, -0.2) is 4.39 Å². The Balaban J connectivity index is 1.68. The molecule has 6 heteroatoms. The van der Waals surface area contributed by atoms with E-state index in [1.807, 2.05) is 16.9 Å². The molecular formula is C15H19FN4O. The van der Waals surface area contributed by atoms with Crippen LogP contribution >= 0.6 is 0 Å². The number of rotatable bonds is 5. The van der Waals surface area contributed by atoms with E-state index < -0.39 is 0 Å². The lowest BCUT2D eigenvalue weighted by Gasteiger charge is -2.30. The molecule has 0 saturated carbocycles. The second kappa shape index (κ2) is 6.58. The first-order chi connectivity index (χ1) is 10.3. The molecule has 112 valence electrons. The van der Waals surface area contributed by atoms with E-state index in [0.717, 1.165) is 37.6 Å². The highest BCUT2D eigenvalue weighted by atomic mass is 19.1. The topological polar surface area (TPSA) is 42.3 Å². The van der Waals surface area contributed by atoms with Crippen molar-refractivity contribution in [2.24, 2.45) is 0 Å². The van der Waals surface area contributed by atoms with Crippen LogP contribution < -0.4 is 15.0 Å². The third-order valence-corrected chi connectivity index (χ3v) is 3.52. The molecule has 2 heterocycles. The summed E-state index contributed by atoms with van der Waals surface area (Å²) in [5.74, 6) is 0.494. The molecule has 0 aliphatic carbocycles. The van der Waals surface area contributed by atoms with Gasteiger partial charge in [-0.05, 0) is 18.2 Å². The molecule has 2 aromatic rings. The summed E-state index contributed by atoms with van der Waals surface area (Å²) in [4.78, 5) is 2.16. The molecule has 1 aliphatic rings. The van der Waals surface area contributed by atoms with Crippen molar-refractivity contribution in [1.82, 2.24) is 15.1 Å². The average molecular weight is 290 g/mol. The van der Waals surface area contributed by atoms with Crippen LogP contribution in [0.3, 0.4) is 0 Å². The van der Waals surface area contributed by atoms with Crippen molar-refractivity contribution in [2.75, 3.05) is 37.7 Å². The Morgan fingerprint density at radius 2 is 2.14 bits per heavy atom. The number of halogens is 1. The van der Waals surface area contributed by atoms with E-state index in [0.29, 0.717) is 13.2 Å². The van der Waals surface area contributed by atoms with Gasteiger partial charge in [-0.2, -0.15) is 5.10 Å². The molecule has 1 aromatic carbocycles. The summed E-state index contributed by atoms with van der Waals surface area (Å²) in [6.45, 7) is 4.71. The maximum absolute atomic E-state index is 13.5. The monoisotopic (exact) mass is 290 g/mol. The smallest absolute Gasteiger partial charge is 0.142 e. The van der Waals surface area contributed by atoms with Crippen molar-refractivity contribution in [1.29, 1.82) is 0 Å². The average Bonchev–Trinajstić information content (AvgIpc) is 3.03. The predicted molar refractivity (Wildman–Crippen MR) is 79.2 cm³/mol. The van der Waals surface area contributed by atoms with E-state index >= 15 is 0 Å². The lowest BCUT2D eigenvalue weighted by molar-refractivity contribution is 0.291. The Hall–Kier alpha value is -2.08. The van der Waals surface area contributed by atoms with Crippen molar-refractivity contribution < 1.29 is 9.13 Å². The lowest BCUT2D eigenvalue weighted by atomic mass is 10.2. The molecule has 3 rings (SSSR count). The number of hydrogen-bond donors (Lipinski definition) is 1. The van der Waals surface area contributed by atoms with Gasteiger partial charge in [-0.3, -0.25) is 4.68 Å². The van der Waals surface area contributed by atoms with Gasteiger partial charge >= 0.3 is 0 Å². The van der Waals surface area contributed by atoms with E-state index in [2.05, 4.69) is 15.3 Å². The highest BCUT2D eigenvalue weighted by Crippen LogP contribution is 2.29. The van der Waals surface area contributed by atoms with Crippen molar-refractivity contribution in [3.8, 4) is 5.75 Å². The van der Waals surface area contributed by atoms with Crippen LogP contribution in [0.5, 0.6) is 5.75 Å². The van der Waals surface area contributed by atoms with E-state index in [1.165, 1.54) is 6.07 Å². The molecule has 1 fully saturated rings. The first-order valence-corrected chi connectivity index (χ1v) is 7.18. The molecule has 1 aliphatic heterocycles. The summed E-state index contributed by atoms with van der Waals surface area (Å²) in [5, 5.41) is 7.42. The quantitative estimate of drug-likeness (QED) is 0.906. The zero-order valence-corrected chi connectivity index (χ0v) is 11.8. The number of anilines is 1. The second-order valence-electron chi connectivity index (χ2n) is 4.97. The molecule has 0 radical (unpaired) electrons. The number of ether oxygens (including phenoxy) is 1. The molecular weight excluding hydrogens is 271 g/mol. The van der Waals surface area contributed by atoms with Gasteiger partial charge in [0.1, 0.15) is 18.2 Å². The van der Waals surface area contributed by atoms with Crippen LogP contribution in [0.25, 0.3) is 0 Å². The van der Waals surface area contributed by atoms with Gasteiger partial charge in [-0.1, -0.05) is 0 Å². The maximum atomic E-state index is 13.5. The lowest BCUT2D eigenvalue weighted by Crippen LogP contribution is -2.43. The van der Waals surface area contributed by atoms with Crippen molar-refractivity contribution in [3.05, 3.63) is 42.5 Å². The number of hydrogen-bond acceptors (Lipinski definition) is 4. The summed E-state index contributed by atoms with van der Waals surface area (Å²) in [7, 11) is 0. The first kappa shape index (κ1) is 13.9. The third kappa shape index (κ3) is 3.52. The van der Waals surface area contributed by atoms with E-state index in [4.69, 9.17) is 4.74 Å². The van der Waals surface area contributed by atoms with Crippen LogP contribution in [0, 0.1) is 5.82 Å². The number of nitrogens with zero attached hydrogens (tertiary/aromatic N) is 3. The molecule has 21 heavy (non-hydrogen) atoms. The van der Waals surface area contributed by atoms with Crippen molar-refractivity contribution in [2.45, 2.75) is 6.54 Å². The molecule has 5 nitrogen and oxygen atoms in total. The Morgan fingerprint density at radius 3 is 2.90 bits per heavy atom. The van der Waals surface area contributed by atoms with Crippen molar-refractivity contribution >= 4 is 5.69 Å². The van der Waals surface area contributed by atoms with Gasteiger partial charge in [0.25, 0.3) is 0 Å². The molecule has 0 atom stereocenters. The van der Waals surface area contributed by atoms with Gasteiger partial charge in [-0.15, -0.1) is 0 Å². The molecule has 0 bridgehead atoms. The SMILES string of the molecule is Fc1ccc(OCCn2cccn2)c(N2CCNCC2)c1. The van der Waals surface area contributed by atoms with Crippen LogP contribution in [0.4, 0.5) is 10.1 Å². The van der Waals surface area contributed by atoms with E-state index in [1.54, 1.807) is 18.3 Å². The minimum absolute atomic E-state index is 0.233. The molecule has 0 unspecified atom stereocenters. The van der Waals surface area contributed by atoms with Crippen LogP contribution in [-0.4, -0.2) is 42.6 Å². The Morgan fingerprint density at radius 1 is 1.29 bits per heavy atom. The van der Waals surface area contributed by atoms with Gasteiger partial charge in [0.15, 0.2) is 0 Å². The molecule has 0 amide bonds. The first-order valence-electron chi connectivity index (χ1n) is 7.18. The fourth-order valence-corrected chi connectivity index (χ4v) is 2.45. The van der Waals surface area contributed by atoms with Crippen LogP contribution in [0.2, 0.25) is 0 Å². The van der Waals surface area contributed by atoms with Gasteiger partial charge in [0.05, 0.1) is 12.2 Å². The molecule has 0 spiro atoms. The summed E-state index contributed by atoms with van der Waals surface area (Å²) in [6, 6.07) is 6.57. The predicted octanol–water partition coefficient (Wildman–Crippen LogP) is 1.51. The normalized spacial score (nSPS) is 15.2. The standard InChI is InChI=1S/C15H19FN4O/c16-13-2-3-15(21-11-10-20-7-1-4-18-20)14(12-13)19-8-5-17-6-9-19/h1-4,7,12,17H,5-6,8-11H2. The van der Waals surface area contributed by atoms with Crippen LogP contribution in [0.1, 0.15) is 0 Å². The second-order valence-corrected chi connectivity index (χ2v) is 4.97. The Bertz CT molecular complexity index is 567. The van der Waals surface area contributed by atoms with E-state index in [-0.39, 0.29) is 5.82 Å². The summed E-state index contributed by atoms with van der Waals surface area (Å²) >= 11 is 0. The highest BCUT2D eigenvalue weighted by Gasteiger charge is 2.16. The highest BCUT2D eigenvalue weighted by molar-refractivity contribution is 5.59. The number of aromatic nitrogens is 2. The minimum Gasteiger partial charge on any atom is -0.489 e. The molecule has 1 N–H and O–H groups in total. The van der Waals surface area contributed by atoms with Gasteiger partial charge in [0, 0.05) is 44.6 Å². The minimum atomic E-state index is -0.233. The number of piperazine rings is 1. The van der Waals surface area contributed by atoms with Crippen LogP contribution in [-0.2, 0) is 6.54 Å². The maximum Gasteiger partial charge on any atom is 0.142 e. The third-order valence-electron chi connectivity index (χ3n) is 3.52. The number of benzene rings is 1. The van der Waals surface area contributed by atoms with E-state index in [9.17, 15) is 4.39 Å². The summed E-state index contributed by atoms with van der Waals surface area (Å²) < 4.78 is 21.2. The van der Waals surface area contributed by atoms with Crippen molar-refractivity contribution in [3.63, 3.8) is 0 Å². The van der Waals surface area contributed by atoms with Gasteiger partial charge in [0.2, 0.25) is 0 Å². The Labute approximate surface area is 123 Å². The number of nitrogens with one attached hydrogen (secondary N) is 1. The summed E-state index contributed by atoms with van der Waals surface area (Å²) in [5.41, 5.74) is 0.831. The Kier molecular flexibility index (Phi) is 4.35. The molecule has 1 aromatic heterocycles.